The second kappa shape index (κ2) is 9.97. The molecule has 0 N–H and O–H groups in total. The zero-order chi connectivity index (χ0) is 20.6. The molecule has 1 aromatic heterocycles. The van der Waals surface area contributed by atoms with Crippen LogP contribution in [0.25, 0.3) is 5.69 Å². The fourth-order valence-electron chi connectivity index (χ4n) is 2.65. The van der Waals surface area contributed by atoms with Crippen molar-refractivity contribution in [3.05, 3.63) is 60.4 Å². The first-order valence-electron chi connectivity index (χ1n) is 9.22. The van der Waals surface area contributed by atoms with E-state index < -0.39 is 5.25 Å². The van der Waals surface area contributed by atoms with E-state index in [1.165, 1.54) is 11.8 Å². The van der Waals surface area contributed by atoms with Crippen LogP contribution in [0.5, 0.6) is 11.5 Å². The van der Waals surface area contributed by atoms with E-state index in [1.54, 1.807) is 21.0 Å². The summed E-state index contributed by atoms with van der Waals surface area (Å²) in [5.41, 5.74) is 0.884. The fourth-order valence-corrected chi connectivity index (χ4v) is 3.54. The fraction of sp³-hybridized carbons (Fsp3) is 0.286. The Bertz CT molecular complexity index is 946. The van der Waals surface area contributed by atoms with Crippen LogP contribution in [0.2, 0.25) is 0 Å². The van der Waals surface area contributed by atoms with Crippen LogP contribution < -0.4 is 9.47 Å². The molecule has 0 saturated heterocycles. The van der Waals surface area contributed by atoms with E-state index in [1.807, 2.05) is 59.2 Å². The summed E-state index contributed by atoms with van der Waals surface area (Å²) in [6, 6.07) is 17.1. The zero-order valence-electron chi connectivity index (χ0n) is 16.6. The highest BCUT2D eigenvalue weighted by atomic mass is 32.2. The van der Waals surface area contributed by atoms with Gasteiger partial charge in [0.1, 0.15) is 11.9 Å². The first kappa shape index (κ1) is 20.7. The normalized spacial score (nSPS) is 11.7. The predicted molar refractivity (Wildman–Crippen MR) is 111 cm³/mol. The molecule has 0 saturated carbocycles. The molecule has 7 nitrogen and oxygen atoms in total. The molecule has 0 spiro atoms. The van der Waals surface area contributed by atoms with Crippen LogP contribution in [0, 0.1) is 0 Å². The standard InChI is InChI=1S/C21H23N3O4S/c1-4-27-20(25)15(2)29-21-23-22-19(24(21)16-10-6-5-7-11-16)14-28-18-13-9-8-12-17(18)26-3/h5-13,15H,4,14H2,1-3H3. The molecule has 0 radical (unpaired) electrons. The van der Waals surface area contributed by atoms with Crippen molar-refractivity contribution in [1.29, 1.82) is 0 Å². The third-order valence-electron chi connectivity index (χ3n) is 4.04. The van der Waals surface area contributed by atoms with Gasteiger partial charge in [-0.2, -0.15) is 0 Å². The molecule has 0 amide bonds. The summed E-state index contributed by atoms with van der Waals surface area (Å²) in [5, 5.41) is 8.76. The number of methoxy groups -OCH3 is 1. The Morgan fingerprint density at radius 2 is 1.76 bits per heavy atom. The smallest absolute Gasteiger partial charge is 0.319 e. The van der Waals surface area contributed by atoms with Crippen molar-refractivity contribution in [3.63, 3.8) is 0 Å². The average Bonchev–Trinajstić information content (AvgIpc) is 3.15. The molecule has 0 fully saturated rings. The number of rotatable bonds is 9. The molecule has 1 unspecified atom stereocenters. The topological polar surface area (TPSA) is 75.5 Å². The number of hydrogen-bond donors (Lipinski definition) is 0. The third-order valence-corrected chi connectivity index (χ3v) is 5.06. The van der Waals surface area contributed by atoms with Crippen LogP contribution in [-0.2, 0) is 16.1 Å². The molecule has 2 aromatic carbocycles. The van der Waals surface area contributed by atoms with Crippen molar-refractivity contribution in [2.45, 2.75) is 30.9 Å². The predicted octanol–water partition coefficient (Wildman–Crippen LogP) is 3.90. The van der Waals surface area contributed by atoms with Crippen LogP contribution in [0.1, 0.15) is 19.7 Å². The highest BCUT2D eigenvalue weighted by Gasteiger charge is 2.22. The summed E-state index contributed by atoms with van der Waals surface area (Å²) < 4.78 is 18.3. The van der Waals surface area contributed by atoms with Crippen LogP contribution in [-0.4, -0.2) is 39.7 Å². The number of thioether (sulfide) groups is 1. The highest BCUT2D eigenvalue weighted by molar-refractivity contribution is 8.00. The minimum absolute atomic E-state index is 0.191. The zero-order valence-corrected chi connectivity index (χ0v) is 17.4. The van der Waals surface area contributed by atoms with Crippen molar-refractivity contribution in [2.75, 3.05) is 13.7 Å². The van der Waals surface area contributed by atoms with Gasteiger partial charge in [-0.25, -0.2) is 0 Å². The van der Waals surface area contributed by atoms with Gasteiger partial charge in [-0.1, -0.05) is 42.1 Å². The number of carbonyl (C=O) groups excluding carboxylic acids is 1. The molecule has 3 rings (SSSR count). The summed E-state index contributed by atoms with van der Waals surface area (Å²) in [7, 11) is 1.60. The Balaban J connectivity index is 1.87. The number of carbonyl (C=O) groups is 1. The number of nitrogens with zero attached hydrogens (tertiary/aromatic N) is 3. The number of hydrogen-bond acceptors (Lipinski definition) is 7. The van der Waals surface area contributed by atoms with Gasteiger partial charge in [0, 0.05) is 5.69 Å². The number of benzene rings is 2. The first-order valence-corrected chi connectivity index (χ1v) is 10.1. The Kier molecular flexibility index (Phi) is 7.13. The minimum Gasteiger partial charge on any atom is -0.493 e. The largest absolute Gasteiger partial charge is 0.493 e. The van der Waals surface area contributed by atoms with Crippen LogP contribution in [0.4, 0.5) is 0 Å². The Morgan fingerprint density at radius 1 is 1.07 bits per heavy atom. The lowest BCUT2D eigenvalue weighted by Gasteiger charge is -2.14. The minimum atomic E-state index is -0.412. The lowest BCUT2D eigenvalue weighted by molar-refractivity contribution is -0.142. The van der Waals surface area contributed by atoms with Gasteiger partial charge in [0.05, 0.1) is 13.7 Å². The number of ether oxygens (including phenoxy) is 3. The van der Waals surface area contributed by atoms with E-state index in [4.69, 9.17) is 14.2 Å². The molecule has 1 atom stereocenters. The van der Waals surface area contributed by atoms with Crippen molar-refractivity contribution >= 4 is 17.7 Å². The average molecular weight is 413 g/mol. The van der Waals surface area contributed by atoms with Gasteiger partial charge < -0.3 is 14.2 Å². The van der Waals surface area contributed by atoms with Crippen molar-refractivity contribution in [1.82, 2.24) is 14.8 Å². The van der Waals surface area contributed by atoms with E-state index in [0.717, 1.165) is 5.69 Å². The summed E-state index contributed by atoms with van der Waals surface area (Å²) in [4.78, 5) is 12.0. The maximum absolute atomic E-state index is 12.0. The van der Waals surface area contributed by atoms with Gasteiger partial charge in [0.2, 0.25) is 0 Å². The van der Waals surface area contributed by atoms with Gasteiger partial charge in [0.25, 0.3) is 0 Å². The molecule has 0 aliphatic rings. The van der Waals surface area contributed by atoms with Gasteiger partial charge in [-0.3, -0.25) is 9.36 Å². The number of esters is 1. The van der Waals surface area contributed by atoms with Crippen LogP contribution >= 0.6 is 11.8 Å². The Hall–Kier alpha value is -3.00. The highest BCUT2D eigenvalue weighted by Crippen LogP contribution is 2.29. The monoisotopic (exact) mass is 413 g/mol. The number of aromatic nitrogens is 3. The van der Waals surface area contributed by atoms with E-state index in [-0.39, 0.29) is 12.6 Å². The number of para-hydroxylation sites is 3. The molecule has 1 heterocycles. The molecule has 152 valence electrons. The van der Waals surface area contributed by atoms with E-state index in [0.29, 0.717) is 29.1 Å². The van der Waals surface area contributed by atoms with Crippen molar-refractivity contribution < 1.29 is 19.0 Å². The third kappa shape index (κ3) is 5.08. The summed E-state index contributed by atoms with van der Waals surface area (Å²) >= 11 is 1.30. The molecule has 3 aromatic rings. The van der Waals surface area contributed by atoms with E-state index in [2.05, 4.69) is 10.2 Å². The first-order chi connectivity index (χ1) is 14.1. The molecule has 0 aliphatic carbocycles. The van der Waals surface area contributed by atoms with Crippen LogP contribution in [0.3, 0.4) is 0 Å². The molecular weight excluding hydrogens is 390 g/mol. The molecule has 0 aliphatic heterocycles. The van der Waals surface area contributed by atoms with Gasteiger partial charge >= 0.3 is 5.97 Å². The second-order valence-electron chi connectivity index (χ2n) is 6.02. The van der Waals surface area contributed by atoms with Gasteiger partial charge in [-0.15, -0.1) is 10.2 Å². The van der Waals surface area contributed by atoms with Crippen LogP contribution in [0.15, 0.2) is 59.8 Å². The quantitative estimate of drug-likeness (QED) is 0.389. The molecular formula is C21H23N3O4S. The second-order valence-corrected chi connectivity index (χ2v) is 7.33. The lowest BCUT2D eigenvalue weighted by Crippen LogP contribution is -2.17. The Morgan fingerprint density at radius 3 is 2.45 bits per heavy atom. The molecule has 8 heteroatoms. The maximum atomic E-state index is 12.0. The summed E-state index contributed by atoms with van der Waals surface area (Å²) in [6.45, 7) is 4.11. The van der Waals surface area contributed by atoms with Crippen molar-refractivity contribution in [2.24, 2.45) is 0 Å². The van der Waals surface area contributed by atoms with E-state index >= 15 is 0 Å². The van der Waals surface area contributed by atoms with E-state index in [9.17, 15) is 4.79 Å². The molecule has 29 heavy (non-hydrogen) atoms. The Labute approximate surface area is 174 Å². The maximum Gasteiger partial charge on any atom is 0.319 e. The molecule has 0 bridgehead atoms. The van der Waals surface area contributed by atoms with Gasteiger partial charge in [-0.05, 0) is 38.1 Å². The summed E-state index contributed by atoms with van der Waals surface area (Å²) in [5.74, 6) is 1.59. The SMILES string of the molecule is CCOC(=O)C(C)Sc1nnc(COc2ccccc2OC)n1-c1ccccc1. The van der Waals surface area contributed by atoms with Gasteiger partial charge in [0.15, 0.2) is 22.5 Å². The van der Waals surface area contributed by atoms with Crippen molar-refractivity contribution in [3.8, 4) is 17.2 Å². The lowest BCUT2D eigenvalue weighted by atomic mass is 10.3. The summed E-state index contributed by atoms with van der Waals surface area (Å²) in [6.07, 6.45) is 0.